The minimum absolute atomic E-state index is 0.00151. The van der Waals surface area contributed by atoms with Gasteiger partial charge in [0, 0.05) is 43.4 Å². The number of nitrogens with two attached hydrogens (primary N) is 1. The van der Waals surface area contributed by atoms with Crippen molar-refractivity contribution in [1.82, 2.24) is 14.8 Å². The number of nitrogens with one attached hydrogen (secondary N) is 2. The van der Waals surface area contributed by atoms with E-state index in [4.69, 9.17) is 5.14 Å². The summed E-state index contributed by atoms with van der Waals surface area (Å²) in [4.78, 5) is 25.7. The van der Waals surface area contributed by atoms with E-state index in [1.165, 1.54) is 12.1 Å². The zero-order valence-corrected chi connectivity index (χ0v) is 18.1. The summed E-state index contributed by atoms with van der Waals surface area (Å²) in [6.07, 6.45) is 2.39. The monoisotopic (exact) mass is 443 g/mol. The highest BCUT2D eigenvalue weighted by Gasteiger charge is 2.10. The first kappa shape index (κ1) is 22.3. The molecule has 0 atom stereocenters. The van der Waals surface area contributed by atoms with Gasteiger partial charge in [-0.2, -0.15) is 0 Å². The van der Waals surface area contributed by atoms with Gasteiger partial charge in [-0.1, -0.05) is 12.1 Å². The van der Waals surface area contributed by atoms with Crippen LogP contribution in [0.3, 0.4) is 0 Å². The van der Waals surface area contributed by atoms with Crippen LogP contribution in [0.15, 0.2) is 59.6 Å². The fourth-order valence-corrected chi connectivity index (χ4v) is 3.56. The molecule has 0 bridgehead atoms. The Hall–Kier alpha value is -3.37. The molecule has 31 heavy (non-hydrogen) atoms. The number of fused-ring (bicyclic) bond motifs is 1. The van der Waals surface area contributed by atoms with Gasteiger partial charge < -0.3 is 20.1 Å². The number of carbonyl (C=O) groups excluding carboxylic acids is 2. The molecule has 1 aromatic heterocycles. The summed E-state index contributed by atoms with van der Waals surface area (Å²) < 4.78 is 24.4. The van der Waals surface area contributed by atoms with E-state index in [-0.39, 0.29) is 23.4 Å². The van der Waals surface area contributed by atoms with Crippen LogP contribution in [0.2, 0.25) is 0 Å². The topological polar surface area (TPSA) is 127 Å². The molecule has 0 aliphatic carbocycles. The molecule has 0 aliphatic rings. The second kappa shape index (κ2) is 9.19. The molecule has 3 amide bonds. The Kier molecular flexibility index (Phi) is 6.62. The lowest BCUT2D eigenvalue weighted by molar-refractivity contribution is -0.129. The van der Waals surface area contributed by atoms with Crippen molar-refractivity contribution < 1.29 is 18.0 Å². The summed E-state index contributed by atoms with van der Waals surface area (Å²) >= 11 is 0. The van der Waals surface area contributed by atoms with Crippen molar-refractivity contribution in [1.29, 1.82) is 0 Å². The summed E-state index contributed by atoms with van der Waals surface area (Å²) in [5, 5.41) is 11.5. The Bertz CT molecular complexity index is 1200. The molecule has 0 fully saturated rings. The summed E-state index contributed by atoms with van der Waals surface area (Å²) in [5.41, 5.74) is 2.42. The van der Waals surface area contributed by atoms with Gasteiger partial charge >= 0.3 is 6.03 Å². The SMILES string of the molecule is CN(C)C(=O)Cn1ccc2cc(NC(=O)NCCc3ccc(S(N)(=O)=O)cc3)ccc21. The number of carbonyl (C=O) groups is 2. The summed E-state index contributed by atoms with van der Waals surface area (Å²) in [6, 6.07) is 13.3. The van der Waals surface area contributed by atoms with Gasteiger partial charge in [0.2, 0.25) is 15.9 Å². The molecular weight excluding hydrogens is 418 g/mol. The van der Waals surface area contributed by atoms with E-state index in [1.807, 2.05) is 29.0 Å². The number of nitrogens with zero attached hydrogens (tertiary/aromatic N) is 2. The molecule has 10 heteroatoms. The van der Waals surface area contributed by atoms with E-state index in [9.17, 15) is 18.0 Å². The lowest BCUT2D eigenvalue weighted by atomic mass is 10.1. The maximum absolute atomic E-state index is 12.2. The number of likely N-dealkylation sites (N-methyl/N-ethyl adjacent to an activating group) is 1. The van der Waals surface area contributed by atoms with Crippen molar-refractivity contribution in [3.8, 4) is 0 Å². The number of anilines is 1. The molecule has 3 rings (SSSR count). The zero-order valence-electron chi connectivity index (χ0n) is 17.3. The smallest absolute Gasteiger partial charge is 0.319 e. The Morgan fingerprint density at radius 2 is 1.77 bits per heavy atom. The lowest BCUT2D eigenvalue weighted by Crippen LogP contribution is -2.30. The van der Waals surface area contributed by atoms with Crippen LogP contribution in [0.5, 0.6) is 0 Å². The highest BCUT2D eigenvalue weighted by molar-refractivity contribution is 7.89. The lowest BCUT2D eigenvalue weighted by Gasteiger charge is -2.12. The molecule has 0 radical (unpaired) electrons. The number of urea groups is 1. The molecular formula is C21H25N5O4S. The third-order valence-electron chi connectivity index (χ3n) is 4.78. The maximum atomic E-state index is 12.2. The first-order valence-corrected chi connectivity index (χ1v) is 11.1. The number of rotatable bonds is 7. The van der Waals surface area contributed by atoms with Crippen molar-refractivity contribution in [2.75, 3.05) is 26.0 Å². The van der Waals surface area contributed by atoms with E-state index < -0.39 is 10.0 Å². The second-order valence-electron chi connectivity index (χ2n) is 7.33. The summed E-state index contributed by atoms with van der Waals surface area (Å²) in [5.74, 6) is -0.00151. The Balaban J connectivity index is 1.54. The number of benzene rings is 2. The third kappa shape index (κ3) is 5.83. The average molecular weight is 444 g/mol. The Morgan fingerprint density at radius 3 is 2.42 bits per heavy atom. The Morgan fingerprint density at radius 1 is 1.06 bits per heavy atom. The fraction of sp³-hybridized carbons (Fsp3) is 0.238. The maximum Gasteiger partial charge on any atom is 0.319 e. The van der Waals surface area contributed by atoms with Gasteiger partial charge in [0.1, 0.15) is 6.54 Å². The Labute approximate surface area is 180 Å². The number of hydrogen-bond donors (Lipinski definition) is 3. The predicted molar refractivity (Wildman–Crippen MR) is 119 cm³/mol. The first-order chi connectivity index (χ1) is 14.6. The van der Waals surface area contributed by atoms with Gasteiger partial charge in [0.25, 0.3) is 0 Å². The molecule has 4 N–H and O–H groups in total. The molecule has 0 unspecified atom stereocenters. The minimum atomic E-state index is -3.71. The van der Waals surface area contributed by atoms with Gasteiger partial charge in [-0.3, -0.25) is 4.79 Å². The van der Waals surface area contributed by atoms with Crippen LogP contribution in [0.1, 0.15) is 5.56 Å². The predicted octanol–water partition coefficient (Wildman–Crippen LogP) is 1.74. The largest absolute Gasteiger partial charge is 0.347 e. The molecule has 9 nitrogen and oxygen atoms in total. The van der Waals surface area contributed by atoms with Crippen LogP contribution < -0.4 is 15.8 Å². The van der Waals surface area contributed by atoms with E-state index >= 15 is 0 Å². The molecule has 164 valence electrons. The zero-order chi connectivity index (χ0) is 22.6. The minimum Gasteiger partial charge on any atom is -0.347 e. The normalized spacial score (nSPS) is 11.3. The van der Waals surface area contributed by atoms with Gasteiger partial charge in [-0.25, -0.2) is 18.4 Å². The third-order valence-corrected chi connectivity index (χ3v) is 5.71. The second-order valence-corrected chi connectivity index (χ2v) is 8.89. The van der Waals surface area contributed by atoms with Crippen LogP contribution in [0.4, 0.5) is 10.5 Å². The molecule has 0 spiro atoms. The van der Waals surface area contributed by atoms with Gasteiger partial charge in [-0.05, 0) is 48.4 Å². The van der Waals surface area contributed by atoms with E-state index in [1.54, 1.807) is 37.2 Å². The highest BCUT2D eigenvalue weighted by Crippen LogP contribution is 2.20. The van der Waals surface area contributed by atoms with E-state index in [0.717, 1.165) is 16.5 Å². The van der Waals surface area contributed by atoms with Crippen LogP contribution in [-0.2, 0) is 27.8 Å². The quantitative estimate of drug-likeness (QED) is 0.514. The number of hydrogen-bond acceptors (Lipinski definition) is 4. The van der Waals surface area contributed by atoms with Crippen molar-refractivity contribution in [2.45, 2.75) is 17.9 Å². The van der Waals surface area contributed by atoms with E-state index in [2.05, 4.69) is 10.6 Å². The molecule has 3 aromatic rings. The highest BCUT2D eigenvalue weighted by atomic mass is 32.2. The van der Waals surface area contributed by atoms with Gasteiger partial charge in [0.05, 0.1) is 4.90 Å². The number of primary sulfonamides is 1. The molecule has 0 saturated heterocycles. The fourth-order valence-electron chi connectivity index (χ4n) is 3.04. The first-order valence-electron chi connectivity index (χ1n) is 9.59. The van der Waals surface area contributed by atoms with Crippen LogP contribution in [0, 0.1) is 0 Å². The van der Waals surface area contributed by atoms with Crippen molar-refractivity contribution in [2.24, 2.45) is 5.14 Å². The van der Waals surface area contributed by atoms with Crippen LogP contribution in [0.25, 0.3) is 10.9 Å². The van der Waals surface area contributed by atoms with Crippen LogP contribution in [-0.4, -0.2) is 50.5 Å². The van der Waals surface area contributed by atoms with Gasteiger partial charge in [-0.15, -0.1) is 0 Å². The number of amides is 3. The van der Waals surface area contributed by atoms with E-state index in [0.29, 0.717) is 18.7 Å². The number of sulfonamides is 1. The number of aromatic nitrogens is 1. The standard InChI is InChI=1S/C21H25N5O4S/c1-25(2)20(27)14-26-12-10-16-13-17(5-8-19(16)26)24-21(28)23-11-9-15-3-6-18(7-4-15)31(22,29)30/h3-8,10,12-13H,9,11,14H2,1-2H3,(H2,22,29,30)(H2,23,24,28). The average Bonchev–Trinajstić information content (AvgIpc) is 3.09. The van der Waals surface area contributed by atoms with Gasteiger partial charge in [0.15, 0.2) is 0 Å². The van der Waals surface area contributed by atoms with Crippen molar-refractivity contribution in [3.63, 3.8) is 0 Å². The molecule has 0 saturated carbocycles. The van der Waals surface area contributed by atoms with Crippen molar-refractivity contribution in [3.05, 3.63) is 60.3 Å². The summed E-state index contributed by atoms with van der Waals surface area (Å²) in [6.45, 7) is 0.633. The van der Waals surface area contributed by atoms with Crippen molar-refractivity contribution >= 4 is 38.6 Å². The molecule has 1 heterocycles. The van der Waals surface area contributed by atoms with Crippen LogP contribution >= 0.6 is 0 Å². The summed E-state index contributed by atoms with van der Waals surface area (Å²) in [7, 11) is -0.279. The molecule has 0 aliphatic heterocycles. The molecule has 2 aromatic carbocycles.